The summed E-state index contributed by atoms with van der Waals surface area (Å²) in [6.45, 7) is 7.14. The second kappa shape index (κ2) is 3.82. The van der Waals surface area contributed by atoms with E-state index in [1.165, 1.54) is 6.07 Å². The molecule has 0 saturated carbocycles. The van der Waals surface area contributed by atoms with Crippen molar-refractivity contribution in [3.63, 3.8) is 0 Å². The van der Waals surface area contributed by atoms with Gasteiger partial charge in [0.05, 0.1) is 4.90 Å². The van der Waals surface area contributed by atoms with Crippen LogP contribution in [0, 0.1) is 12.7 Å². The Morgan fingerprint density at radius 1 is 1.25 bits per heavy atom. The van der Waals surface area contributed by atoms with Gasteiger partial charge in [-0.15, -0.1) is 0 Å². The summed E-state index contributed by atoms with van der Waals surface area (Å²) in [5, 5.41) is 0. The van der Waals surface area contributed by atoms with Gasteiger partial charge in [-0.2, -0.15) is 8.42 Å². The van der Waals surface area contributed by atoms with E-state index in [9.17, 15) is 12.8 Å². The van der Waals surface area contributed by atoms with Crippen molar-refractivity contribution in [2.75, 3.05) is 0 Å². The van der Waals surface area contributed by atoms with Gasteiger partial charge in [-0.3, -0.25) is 4.55 Å². The number of hydrogen-bond donors (Lipinski definition) is 1. The van der Waals surface area contributed by atoms with Crippen LogP contribution in [0.5, 0.6) is 0 Å². The minimum Gasteiger partial charge on any atom is -0.282 e. The quantitative estimate of drug-likeness (QED) is 0.775. The summed E-state index contributed by atoms with van der Waals surface area (Å²) in [6.07, 6.45) is 0. The average molecular weight is 246 g/mol. The molecule has 0 aliphatic heterocycles. The lowest BCUT2D eigenvalue weighted by Gasteiger charge is -2.22. The van der Waals surface area contributed by atoms with Gasteiger partial charge in [0.1, 0.15) is 5.82 Å². The molecule has 0 aromatic heterocycles. The van der Waals surface area contributed by atoms with Crippen LogP contribution in [-0.2, 0) is 15.5 Å². The molecule has 16 heavy (non-hydrogen) atoms. The lowest BCUT2D eigenvalue weighted by molar-refractivity contribution is 0.478. The molecule has 1 aromatic carbocycles. The molecule has 5 heteroatoms. The van der Waals surface area contributed by atoms with Gasteiger partial charge in [-0.1, -0.05) is 20.8 Å². The van der Waals surface area contributed by atoms with E-state index in [0.717, 1.165) is 6.07 Å². The van der Waals surface area contributed by atoms with Crippen LogP contribution in [0.15, 0.2) is 17.0 Å². The first-order chi connectivity index (χ1) is 7.03. The summed E-state index contributed by atoms with van der Waals surface area (Å²) in [5.41, 5.74) is 0.561. The van der Waals surface area contributed by atoms with Gasteiger partial charge in [0, 0.05) is 0 Å². The average Bonchev–Trinajstić information content (AvgIpc) is 1.97. The van der Waals surface area contributed by atoms with E-state index in [1.807, 2.05) is 20.8 Å². The highest BCUT2D eigenvalue weighted by atomic mass is 32.2. The molecule has 0 heterocycles. The smallest absolute Gasteiger partial charge is 0.282 e. The van der Waals surface area contributed by atoms with Crippen molar-refractivity contribution in [1.29, 1.82) is 0 Å². The third-order valence-corrected chi connectivity index (χ3v) is 3.14. The van der Waals surface area contributed by atoms with Crippen LogP contribution < -0.4 is 0 Å². The van der Waals surface area contributed by atoms with E-state index >= 15 is 0 Å². The highest BCUT2D eigenvalue weighted by Gasteiger charge is 2.23. The summed E-state index contributed by atoms with van der Waals surface area (Å²) in [4.78, 5) is -0.407. The Balaban J connectivity index is 3.53. The maximum atomic E-state index is 13.8. The molecule has 3 nitrogen and oxygen atoms in total. The number of halogens is 1. The molecule has 0 fully saturated rings. The van der Waals surface area contributed by atoms with E-state index in [-0.39, 0.29) is 0 Å². The van der Waals surface area contributed by atoms with Crippen molar-refractivity contribution in [3.05, 3.63) is 29.1 Å². The Kier molecular flexibility index (Phi) is 3.13. The normalized spacial score (nSPS) is 12.9. The fraction of sp³-hybridized carbons (Fsp3) is 0.455. The highest BCUT2D eigenvalue weighted by Crippen LogP contribution is 2.30. The lowest BCUT2D eigenvalue weighted by atomic mass is 9.84. The fourth-order valence-electron chi connectivity index (χ4n) is 1.81. The zero-order chi connectivity index (χ0) is 12.7. The third-order valence-electron chi connectivity index (χ3n) is 2.31. The van der Waals surface area contributed by atoms with Crippen molar-refractivity contribution < 1.29 is 17.4 Å². The fourth-order valence-corrected chi connectivity index (χ4v) is 2.39. The Morgan fingerprint density at radius 3 is 2.06 bits per heavy atom. The molecule has 0 unspecified atom stereocenters. The maximum Gasteiger partial charge on any atom is 0.294 e. The van der Waals surface area contributed by atoms with Gasteiger partial charge in [-0.05, 0) is 35.6 Å². The first kappa shape index (κ1) is 13.1. The van der Waals surface area contributed by atoms with Crippen LogP contribution in [0.3, 0.4) is 0 Å². The van der Waals surface area contributed by atoms with Gasteiger partial charge in [0.2, 0.25) is 0 Å². The Bertz CT molecular complexity index is 490. The molecule has 90 valence electrons. The predicted octanol–water partition coefficient (Wildman–Crippen LogP) is 2.68. The van der Waals surface area contributed by atoms with Crippen molar-refractivity contribution >= 4 is 10.1 Å². The summed E-state index contributed by atoms with van der Waals surface area (Å²) in [6, 6.07) is 2.13. The molecule has 1 N–H and O–H groups in total. The molecule has 0 amide bonds. The SMILES string of the molecule is Cc1cc(S(=O)(=O)O)cc(F)c1C(C)(C)C. The molecule has 1 aromatic rings. The first-order valence-electron chi connectivity index (χ1n) is 4.81. The molecule has 0 atom stereocenters. The van der Waals surface area contributed by atoms with Gasteiger partial charge in [-0.25, -0.2) is 4.39 Å². The van der Waals surface area contributed by atoms with Gasteiger partial charge in [0.25, 0.3) is 10.1 Å². The third kappa shape index (κ3) is 2.59. The first-order valence-corrected chi connectivity index (χ1v) is 6.25. The van der Waals surface area contributed by atoms with E-state index in [0.29, 0.717) is 11.1 Å². The number of hydrogen-bond acceptors (Lipinski definition) is 2. The van der Waals surface area contributed by atoms with E-state index in [1.54, 1.807) is 6.92 Å². The largest absolute Gasteiger partial charge is 0.294 e. The number of aryl methyl sites for hydroxylation is 1. The minimum atomic E-state index is -4.35. The van der Waals surface area contributed by atoms with Gasteiger partial charge < -0.3 is 0 Å². The highest BCUT2D eigenvalue weighted by molar-refractivity contribution is 7.85. The van der Waals surface area contributed by atoms with E-state index in [2.05, 4.69) is 0 Å². The summed E-state index contributed by atoms with van der Waals surface area (Å²) in [5.74, 6) is -0.611. The van der Waals surface area contributed by atoms with Crippen LogP contribution in [0.4, 0.5) is 4.39 Å². The summed E-state index contributed by atoms with van der Waals surface area (Å²) >= 11 is 0. The Labute approximate surface area is 95.1 Å². The predicted molar refractivity (Wildman–Crippen MR) is 59.7 cm³/mol. The number of rotatable bonds is 1. The van der Waals surface area contributed by atoms with Crippen LogP contribution in [0.1, 0.15) is 31.9 Å². The van der Waals surface area contributed by atoms with Gasteiger partial charge in [0.15, 0.2) is 0 Å². The zero-order valence-electron chi connectivity index (χ0n) is 9.70. The molecular weight excluding hydrogens is 231 g/mol. The van der Waals surface area contributed by atoms with E-state index < -0.39 is 26.2 Å². The minimum absolute atomic E-state index is 0.407. The molecule has 0 spiro atoms. The molecule has 0 bridgehead atoms. The molecular formula is C11H15FO3S. The molecule has 1 rings (SSSR count). The zero-order valence-corrected chi connectivity index (χ0v) is 10.5. The van der Waals surface area contributed by atoms with Crippen molar-refractivity contribution in [2.24, 2.45) is 0 Å². The summed E-state index contributed by atoms with van der Waals surface area (Å²) in [7, 11) is -4.35. The van der Waals surface area contributed by atoms with Crippen LogP contribution in [0.25, 0.3) is 0 Å². The van der Waals surface area contributed by atoms with Crippen molar-refractivity contribution in [1.82, 2.24) is 0 Å². The van der Waals surface area contributed by atoms with Crippen molar-refractivity contribution in [2.45, 2.75) is 38.0 Å². The van der Waals surface area contributed by atoms with Crippen molar-refractivity contribution in [3.8, 4) is 0 Å². The van der Waals surface area contributed by atoms with Gasteiger partial charge >= 0.3 is 0 Å². The molecule has 0 saturated heterocycles. The second-order valence-electron chi connectivity index (χ2n) is 4.82. The lowest BCUT2D eigenvalue weighted by Crippen LogP contribution is -2.16. The molecule has 0 radical (unpaired) electrons. The Morgan fingerprint density at radius 2 is 1.75 bits per heavy atom. The van der Waals surface area contributed by atoms with Crippen LogP contribution in [0.2, 0.25) is 0 Å². The topological polar surface area (TPSA) is 54.4 Å². The number of benzene rings is 1. The maximum absolute atomic E-state index is 13.8. The second-order valence-corrected chi connectivity index (χ2v) is 6.24. The van der Waals surface area contributed by atoms with Crippen LogP contribution in [-0.4, -0.2) is 13.0 Å². The summed E-state index contributed by atoms with van der Waals surface area (Å²) < 4.78 is 44.4. The standard InChI is InChI=1S/C11H15FO3S/c1-7-5-8(16(13,14)15)6-9(12)10(7)11(2,3)4/h5-6H,1-4H3,(H,13,14,15). The monoisotopic (exact) mass is 246 g/mol. The molecule has 0 aliphatic rings. The Hall–Kier alpha value is -0.940. The molecule has 0 aliphatic carbocycles. The van der Waals surface area contributed by atoms with E-state index in [4.69, 9.17) is 4.55 Å². The van der Waals surface area contributed by atoms with Crippen LogP contribution >= 0.6 is 0 Å².